The second-order valence-electron chi connectivity index (χ2n) is 33.2. The van der Waals surface area contributed by atoms with Gasteiger partial charge in [0.15, 0.2) is 0 Å². The van der Waals surface area contributed by atoms with Gasteiger partial charge in [-0.2, -0.15) is 0 Å². The van der Waals surface area contributed by atoms with E-state index in [1.807, 2.05) is 0 Å². The molecule has 2 aliphatic heterocycles. The number of benzene rings is 6. The lowest BCUT2D eigenvalue weighted by atomic mass is 9.32. The van der Waals surface area contributed by atoms with Crippen molar-refractivity contribution in [2.75, 3.05) is 9.80 Å². The Morgan fingerprint density at radius 2 is 0.829 bits per heavy atom. The molecule has 0 saturated heterocycles. The number of hydrogen-bond donors (Lipinski definition) is 0. The van der Waals surface area contributed by atoms with Crippen molar-refractivity contribution in [1.29, 1.82) is 0 Å². The number of thiophene rings is 1. The number of hydrogen-bond acceptors (Lipinski definition) is 3. The molecule has 0 spiro atoms. The molecule has 14 rings (SSSR count). The van der Waals surface area contributed by atoms with E-state index in [0.29, 0.717) is 0 Å². The van der Waals surface area contributed by atoms with Gasteiger partial charge in [0.05, 0.1) is 5.00 Å². The zero-order chi connectivity index (χ0) is 58.0. The van der Waals surface area contributed by atoms with Gasteiger partial charge >= 0.3 is 0 Å². The van der Waals surface area contributed by atoms with Gasteiger partial charge in [-0.25, -0.2) is 0 Å². The van der Waals surface area contributed by atoms with Crippen LogP contribution in [-0.2, 0) is 55.2 Å². The number of rotatable bonds is 4. The minimum absolute atomic E-state index is 0.00968. The van der Waals surface area contributed by atoms with Gasteiger partial charge in [-0.1, -0.05) is 179 Å². The molecule has 424 valence electrons. The smallest absolute Gasteiger partial charge is 0.253 e. The Morgan fingerprint density at radius 3 is 1.40 bits per heavy atom. The topological polar surface area (TPSA) is 6.48 Å². The van der Waals surface area contributed by atoms with Crippen LogP contribution in [0.3, 0.4) is 0 Å². The Hall–Kier alpha value is -5.32. The Bertz CT molecular complexity index is 3850. The highest BCUT2D eigenvalue weighted by molar-refractivity contribution is 7.20. The average molecular weight is 1100 g/mol. The molecule has 3 heterocycles. The summed E-state index contributed by atoms with van der Waals surface area (Å²) in [7, 11) is 0. The van der Waals surface area contributed by atoms with Crippen LogP contribution in [0.4, 0.5) is 33.4 Å². The summed E-state index contributed by atoms with van der Waals surface area (Å²) in [5.74, 6) is 0. The van der Waals surface area contributed by atoms with E-state index in [-0.39, 0.29) is 55.4 Å². The quantitative estimate of drug-likeness (QED) is 0.162. The summed E-state index contributed by atoms with van der Waals surface area (Å²) in [5.41, 5.74) is 30.7. The summed E-state index contributed by atoms with van der Waals surface area (Å²) in [6.07, 6.45) is 13.0. The van der Waals surface area contributed by atoms with E-state index in [0.717, 1.165) is 6.42 Å². The zero-order valence-corrected chi connectivity index (χ0v) is 54.3. The fourth-order valence-corrected chi connectivity index (χ4v) is 19.1. The first-order valence-electron chi connectivity index (χ1n) is 32.0. The molecule has 0 unspecified atom stereocenters. The molecule has 0 fully saturated rings. The molecule has 82 heavy (non-hydrogen) atoms. The van der Waals surface area contributed by atoms with Gasteiger partial charge in [0.2, 0.25) is 0 Å². The van der Waals surface area contributed by atoms with Gasteiger partial charge in [0, 0.05) is 33.3 Å². The molecule has 0 amide bonds. The molecule has 0 atom stereocenters. The summed E-state index contributed by atoms with van der Waals surface area (Å²) < 4.78 is 0. The first-order valence-corrected chi connectivity index (χ1v) is 32.8. The molecule has 4 heteroatoms. The molecule has 0 bridgehead atoms. The maximum atomic E-state index is 2.85. The third-order valence-corrected chi connectivity index (χ3v) is 24.9. The van der Waals surface area contributed by atoms with Crippen LogP contribution >= 0.6 is 11.3 Å². The summed E-state index contributed by atoms with van der Waals surface area (Å²) in [4.78, 5) is 7.27. The van der Waals surface area contributed by atoms with E-state index >= 15 is 0 Å². The Kier molecular flexibility index (Phi) is 11.6. The van der Waals surface area contributed by atoms with Crippen molar-refractivity contribution in [3.05, 3.63) is 158 Å². The van der Waals surface area contributed by atoms with Crippen LogP contribution in [0.25, 0.3) is 22.3 Å². The molecule has 7 aliphatic rings. The average Bonchev–Trinajstić information content (AvgIpc) is 2.23. The summed E-state index contributed by atoms with van der Waals surface area (Å²) >= 11 is 2.15. The van der Waals surface area contributed by atoms with Gasteiger partial charge in [-0.3, -0.25) is 0 Å². The van der Waals surface area contributed by atoms with Crippen LogP contribution in [0.5, 0.6) is 0 Å². The SMILES string of the molecule is CC1(C)CCCc2cc(-c3ccccc3)c(-c3cc4c5c(c3)N(c3ccc6c(c3)C(C)(C)CCC6(C)C)c3sc6c(c3B5c3cc5c(cc3N4c3ccc4c(c3)C(C)(C)CCC4(C)C)C(C)(C)CCC5(C)C)C(C)(C)CCC6(C)C)cc21. The molecule has 5 aliphatic carbocycles. The largest absolute Gasteiger partial charge is 0.311 e. The highest BCUT2D eigenvalue weighted by atomic mass is 32.1. The van der Waals surface area contributed by atoms with Gasteiger partial charge in [0.25, 0.3) is 6.71 Å². The first-order chi connectivity index (χ1) is 38.3. The van der Waals surface area contributed by atoms with E-state index in [1.54, 1.807) is 21.5 Å². The summed E-state index contributed by atoms with van der Waals surface area (Å²) in [5, 5.41) is 1.44. The molecular formula is C78H93BN2S. The second-order valence-corrected chi connectivity index (χ2v) is 34.2. The number of nitrogens with zero attached hydrogens (tertiary/aromatic N) is 2. The normalized spacial score (nSPS) is 22.5. The lowest BCUT2D eigenvalue weighted by molar-refractivity contribution is 0.332. The Morgan fingerprint density at radius 1 is 0.366 bits per heavy atom. The second kappa shape index (κ2) is 17.4. The van der Waals surface area contributed by atoms with Gasteiger partial charge in [-0.05, 0) is 257 Å². The third-order valence-electron chi connectivity index (χ3n) is 23.3. The van der Waals surface area contributed by atoms with Crippen molar-refractivity contribution in [1.82, 2.24) is 0 Å². The lowest BCUT2D eigenvalue weighted by Gasteiger charge is -2.48. The van der Waals surface area contributed by atoms with Crippen molar-refractivity contribution >= 4 is 67.9 Å². The number of aryl methyl sites for hydroxylation is 1. The molecule has 7 aromatic rings. The molecule has 0 radical (unpaired) electrons. The summed E-state index contributed by atoms with van der Waals surface area (Å²) in [6, 6.07) is 43.2. The van der Waals surface area contributed by atoms with Crippen LogP contribution < -0.4 is 26.2 Å². The number of fused-ring (bicyclic) bond motifs is 10. The minimum Gasteiger partial charge on any atom is -0.311 e. The number of anilines is 6. The highest BCUT2D eigenvalue weighted by Crippen LogP contribution is 2.59. The highest BCUT2D eigenvalue weighted by Gasteiger charge is 2.53. The van der Waals surface area contributed by atoms with Crippen molar-refractivity contribution in [2.45, 2.75) is 244 Å². The van der Waals surface area contributed by atoms with Crippen LogP contribution in [0.1, 0.15) is 244 Å². The monoisotopic (exact) mass is 1100 g/mol. The third kappa shape index (κ3) is 7.96. The lowest BCUT2D eigenvalue weighted by Crippen LogP contribution is -2.63. The van der Waals surface area contributed by atoms with Crippen molar-refractivity contribution in [3.63, 3.8) is 0 Å². The van der Waals surface area contributed by atoms with Crippen LogP contribution in [-0.4, -0.2) is 6.71 Å². The molecule has 0 saturated carbocycles. The molecule has 0 N–H and O–H groups in total. The molecular weight excluding hydrogens is 1010 g/mol. The van der Waals surface area contributed by atoms with Gasteiger partial charge < -0.3 is 9.80 Å². The van der Waals surface area contributed by atoms with Crippen molar-refractivity contribution in [2.24, 2.45) is 0 Å². The van der Waals surface area contributed by atoms with E-state index in [4.69, 9.17) is 0 Å². The maximum absolute atomic E-state index is 2.85. The van der Waals surface area contributed by atoms with E-state index in [1.165, 1.54) is 170 Å². The zero-order valence-electron chi connectivity index (χ0n) is 53.5. The molecule has 1 aromatic heterocycles. The fraction of sp³-hybridized carbons (Fsp3) is 0.487. The fourth-order valence-electron chi connectivity index (χ4n) is 17.5. The predicted molar refractivity (Wildman–Crippen MR) is 356 cm³/mol. The Balaban J connectivity index is 1.17. The van der Waals surface area contributed by atoms with Crippen LogP contribution in [0.2, 0.25) is 0 Å². The van der Waals surface area contributed by atoms with Crippen molar-refractivity contribution < 1.29 is 0 Å². The van der Waals surface area contributed by atoms with Crippen molar-refractivity contribution in [3.8, 4) is 22.3 Å². The Labute approximate surface area is 499 Å². The van der Waals surface area contributed by atoms with E-state index < -0.39 is 0 Å². The van der Waals surface area contributed by atoms with Crippen LogP contribution in [0, 0.1) is 0 Å². The molecule has 6 aromatic carbocycles. The van der Waals surface area contributed by atoms with Crippen LogP contribution in [0.15, 0.2) is 103 Å². The standard InChI is InChI=1S/C78H93BN2S/c1-70(2)30-22-25-48-39-52(47-23-20-19-21-24-47)53(44-56(48)70)49-40-63-66-64(41-49)81(51-27-29-55-58(43-51)74(9,10)34-32-72(55,5)6)69-67(65-68(82-69)78(17,18)38-37-77(65,15)16)79(66)61-45-59-60(76(13,14)36-35-75(59,11)12)46-62(61)80(63)50-26-28-54-57(42-50)73(7,8)33-31-71(54,3)4/h19-21,23-24,26-29,39-46H,22,25,30-38H2,1-18H3. The minimum atomic E-state index is -0.00968. The van der Waals surface area contributed by atoms with Gasteiger partial charge in [-0.15, -0.1) is 11.3 Å². The molecule has 2 nitrogen and oxygen atoms in total. The maximum Gasteiger partial charge on any atom is 0.253 e. The predicted octanol–water partition coefficient (Wildman–Crippen LogP) is 20.2. The van der Waals surface area contributed by atoms with Gasteiger partial charge in [0.1, 0.15) is 0 Å². The summed E-state index contributed by atoms with van der Waals surface area (Å²) in [6.45, 7) is 45.5. The van der Waals surface area contributed by atoms with E-state index in [9.17, 15) is 0 Å². The first kappa shape index (κ1) is 54.6. The van der Waals surface area contributed by atoms with E-state index in [2.05, 4.69) is 249 Å².